The van der Waals surface area contributed by atoms with E-state index in [9.17, 15) is 14.0 Å². The molecule has 1 aliphatic rings. The van der Waals surface area contributed by atoms with Crippen LogP contribution in [-0.2, 0) is 4.29 Å². The van der Waals surface area contributed by atoms with Gasteiger partial charge < -0.3 is 0 Å². The number of allylic oxidation sites excluding steroid dienone is 2. The Morgan fingerprint density at radius 1 is 1.17 bits per heavy atom. The maximum Gasteiger partial charge on any atom is 0.313 e. The molecule has 1 aliphatic heterocycles. The Morgan fingerprint density at radius 3 is 1.92 bits per heavy atom. The molecule has 0 aromatic carbocycles. The van der Waals surface area contributed by atoms with Crippen LogP contribution < -0.4 is 14.0 Å². The Labute approximate surface area is 80.7 Å². The average molecular weight is 231 g/mol. The molecule has 7 heteroatoms. The molecule has 1 heterocycles. The Balaban J connectivity index is 2.43. The Hall–Kier alpha value is 0.570. The standard InChI is InChI=1S/C5H7ClO4S2/c1-3-4(2)12-5(11-3)10-6(7,8)9/h5H,1-2H3. The van der Waals surface area contributed by atoms with E-state index in [0.29, 0.717) is 0 Å². The lowest BCUT2D eigenvalue weighted by Gasteiger charge is -2.14. The molecule has 70 valence electrons. The first kappa shape index (κ1) is 10.6. The second-order valence-corrected chi connectivity index (χ2v) is 5.89. The quantitative estimate of drug-likeness (QED) is 0.600. The fourth-order valence-corrected chi connectivity index (χ4v) is 3.86. The molecule has 0 spiro atoms. The molecule has 0 N–H and O–H groups in total. The minimum atomic E-state index is -4.31. The van der Waals surface area contributed by atoms with E-state index in [1.54, 1.807) is 0 Å². The van der Waals surface area contributed by atoms with E-state index in [1.807, 2.05) is 13.8 Å². The first-order valence-corrected chi connectivity index (χ1v) is 5.98. The number of halogens is 1. The van der Waals surface area contributed by atoms with Gasteiger partial charge in [0, 0.05) is 0 Å². The highest BCUT2D eigenvalue weighted by atomic mass is 35.7. The van der Waals surface area contributed by atoms with E-state index >= 15 is 0 Å². The van der Waals surface area contributed by atoms with Crippen LogP contribution in [0.15, 0.2) is 9.81 Å². The highest BCUT2D eigenvalue weighted by molar-refractivity contribution is 8.23. The molecule has 0 saturated carbocycles. The van der Waals surface area contributed by atoms with Crippen molar-refractivity contribution >= 4 is 23.5 Å². The van der Waals surface area contributed by atoms with Gasteiger partial charge in [-0.05, 0) is 23.7 Å². The minimum Gasteiger partial charge on any atom is -0.183 e. The molecule has 0 unspecified atom stereocenters. The normalized spacial score (nSPS) is 20.8. The summed E-state index contributed by atoms with van der Waals surface area (Å²) < 4.78 is 34.0. The van der Waals surface area contributed by atoms with Crippen molar-refractivity contribution in [3.05, 3.63) is 9.81 Å². The van der Waals surface area contributed by atoms with Crippen LogP contribution in [0.5, 0.6) is 0 Å². The van der Waals surface area contributed by atoms with Gasteiger partial charge in [-0.3, -0.25) is 0 Å². The predicted octanol–water partition coefficient (Wildman–Crippen LogP) is -1.08. The lowest BCUT2D eigenvalue weighted by atomic mass is 10.6. The number of hydrogen-bond donors (Lipinski definition) is 0. The van der Waals surface area contributed by atoms with Crippen LogP contribution in [0.3, 0.4) is 0 Å². The average Bonchev–Trinajstić information content (AvgIpc) is 2.07. The summed E-state index contributed by atoms with van der Waals surface area (Å²) in [7, 11) is -4.31. The summed E-state index contributed by atoms with van der Waals surface area (Å²) in [5.74, 6) is 0. The van der Waals surface area contributed by atoms with Crippen LogP contribution in [-0.4, -0.2) is 4.77 Å². The highest BCUT2D eigenvalue weighted by Crippen LogP contribution is 2.46. The van der Waals surface area contributed by atoms with Crippen molar-refractivity contribution in [1.29, 1.82) is 0 Å². The zero-order chi connectivity index (χ0) is 9.35. The topological polar surface area (TPSA) is 78.4 Å². The van der Waals surface area contributed by atoms with E-state index in [2.05, 4.69) is 4.29 Å². The fraction of sp³-hybridized carbons (Fsp3) is 0.600. The van der Waals surface area contributed by atoms with Crippen LogP contribution >= 0.6 is 23.5 Å². The first-order chi connectivity index (χ1) is 5.38. The summed E-state index contributed by atoms with van der Waals surface area (Å²) in [6.07, 6.45) is 0. The molecule has 0 aromatic rings. The van der Waals surface area contributed by atoms with Crippen LogP contribution in [0.1, 0.15) is 13.8 Å². The summed E-state index contributed by atoms with van der Waals surface area (Å²) in [6.45, 7) is 3.70. The summed E-state index contributed by atoms with van der Waals surface area (Å²) in [4.78, 5) is 1.98. The van der Waals surface area contributed by atoms with Crippen molar-refractivity contribution in [3.63, 3.8) is 0 Å². The molecule has 0 bridgehead atoms. The molecule has 0 radical (unpaired) electrons. The molecular weight excluding hydrogens is 224 g/mol. The van der Waals surface area contributed by atoms with Gasteiger partial charge in [0.05, 0.1) is 14.5 Å². The summed E-state index contributed by atoms with van der Waals surface area (Å²) in [5.41, 5.74) is 0. The zero-order valence-corrected chi connectivity index (χ0v) is 8.79. The van der Waals surface area contributed by atoms with E-state index in [1.165, 1.54) is 23.5 Å². The van der Waals surface area contributed by atoms with Crippen LogP contribution in [0.2, 0.25) is 0 Å². The zero-order valence-electron chi connectivity index (χ0n) is 6.40. The largest absolute Gasteiger partial charge is 0.313 e. The minimum absolute atomic E-state index is 0.644. The molecule has 0 saturated heterocycles. The van der Waals surface area contributed by atoms with Gasteiger partial charge in [0.1, 0.15) is 0 Å². The van der Waals surface area contributed by atoms with Gasteiger partial charge in [-0.2, -0.15) is 14.0 Å². The molecule has 0 fully saturated rings. The molecule has 12 heavy (non-hydrogen) atoms. The second-order valence-electron chi connectivity index (χ2n) is 2.10. The summed E-state index contributed by atoms with van der Waals surface area (Å²) in [5, 5.41) is 0. The molecule has 0 amide bonds. The molecule has 1 rings (SSSR count). The molecule has 4 nitrogen and oxygen atoms in total. The predicted molar refractivity (Wildman–Crippen MR) is 38.4 cm³/mol. The fourth-order valence-electron chi connectivity index (χ4n) is 0.604. The highest BCUT2D eigenvalue weighted by Gasteiger charge is 2.35. The van der Waals surface area contributed by atoms with Gasteiger partial charge in [-0.1, -0.05) is 23.5 Å². The summed E-state index contributed by atoms with van der Waals surface area (Å²) in [6, 6.07) is 0. The smallest absolute Gasteiger partial charge is 0.183 e. The third-order valence-corrected chi connectivity index (χ3v) is 4.43. The van der Waals surface area contributed by atoms with Crippen molar-refractivity contribution in [2.24, 2.45) is 0 Å². The van der Waals surface area contributed by atoms with Crippen LogP contribution in [0.4, 0.5) is 0 Å². The SMILES string of the molecule is CC1=C(C)SC(O[Cl+3]([O-])([O-])[O-])S1. The number of hydrogen-bond acceptors (Lipinski definition) is 6. The van der Waals surface area contributed by atoms with Crippen molar-refractivity contribution in [1.82, 2.24) is 0 Å². The first-order valence-electron chi connectivity index (χ1n) is 2.98. The Kier molecular flexibility index (Phi) is 3.33. The van der Waals surface area contributed by atoms with E-state index in [0.717, 1.165) is 9.81 Å². The van der Waals surface area contributed by atoms with Gasteiger partial charge in [-0.15, -0.1) is 0 Å². The Morgan fingerprint density at radius 2 is 1.58 bits per heavy atom. The van der Waals surface area contributed by atoms with Crippen molar-refractivity contribution in [3.8, 4) is 0 Å². The lowest BCUT2D eigenvalue weighted by Crippen LogP contribution is -2.61. The molecular formula is C5H7ClO4S2. The Bertz CT molecular complexity index is 198. The van der Waals surface area contributed by atoms with E-state index in [-0.39, 0.29) is 0 Å². The van der Waals surface area contributed by atoms with Gasteiger partial charge in [0.15, 0.2) is 0 Å². The molecule has 0 atom stereocenters. The van der Waals surface area contributed by atoms with E-state index in [4.69, 9.17) is 0 Å². The van der Waals surface area contributed by atoms with Crippen LogP contribution in [0, 0.1) is 10.2 Å². The second kappa shape index (κ2) is 3.75. The van der Waals surface area contributed by atoms with E-state index < -0.39 is 15.0 Å². The maximum atomic E-state index is 10.1. The monoisotopic (exact) mass is 230 g/mol. The van der Waals surface area contributed by atoms with Crippen LogP contribution in [0.25, 0.3) is 0 Å². The summed E-state index contributed by atoms with van der Waals surface area (Å²) >= 11 is 2.47. The van der Waals surface area contributed by atoms with Gasteiger partial charge >= 0.3 is 4.77 Å². The van der Waals surface area contributed by atoms with Gasteiger partial charge in [0.25, 0.3) is 0 Å². The van der Waals surface area contributed by atoms with Gasteiger partial charge in [0.2, 0.25) is 0 Å². The van der Waals surface area contributed by atoms with Crippen molar-refractivity contribution in [2.45, 2.75) is 18.6 Å². The van der Waals surface area contributed by atoms with Crippen molar-refractivity contribution < 1.29 is 28.5 Å². The number of rotatable bonds is 2. The van der Waals surface area contributed by atoms with Gasteiger partial charge in [-0.25, -0.2) is 0 Å². The number of thioether (sulfide) groups is 2. The van der Waals surface area contributed by atoms with Crippen molar-refractivity contribution in [2.75, 3.05) is 0 Å². The maximum absolute atomic E-state index is 10.1. The third-order valence-electron chi connectivity index (χ3n) is 1.22. The molecule has 0 aliphatic carbocycles. The molecule has 0 aromatic heterocycles. The lowest BCUT2D eigenvalue weighted by molar-refractivity contribution is -1.92. The third kappa shape index (κ3) is 3.14.